The van der Waals surface area contributed by atoms with Crippen molar-refractivity contribution in [3.05, 3.63) is 28.8 Å². The van der Waals surface area contributed by atoms with Gasteiger partial charge in [0.05, 0.1) is 0 Å². The minimum atomic E-state index is 0.685. The summed E-state index contributed by atoms with van der Waals surface area (Å²) in [6, 6.07) is 5.31. The van der Waals surface area contributed by atoms with E-state index < -0.39 is 0 Å². The Morgan fingerprint density at radius 2 is 1.88 bits per heavy atom. The van der Waals surface area contributed by atoms with Gasteiger partial charge in [0, 0.05) is 18.8 Å². The lowest BCUT2D eigenvalue weighted by atomic mass is 10.2. The van der Waals surface area contributed by atoms with E-state index in [1.54, 1.807) is 12.1 Å². The normalized spacial score (nSPS) is 7.88. The lowest BCUT2D eigenvalue weighted by Gasteiger charge is -2.01. The van der Waals surface area contributed by atoms with E-state index in [9.17, 15) is 0 Å². The second kappa shape index (κ2) is 12.0. The second-order valence-corrected chi connectivity index (χ2v) is 3.27. The Kier molecular flexibility index (Phi) is 13.0. The standard InChI is InChI=1S/C8H8ClNO.C3H8.CH4O/c1-6-5-7(9)3-4-8(6)11-10-2;1-3-2;1-2/h3-5H,2H2,1H3;3H2,1-2H3;2H,1H3. The lowest BCUT2D eigenvalue weighted by molar-refractivity contribution is 0.343. The molecule has 1 aromatic rings. The van der Waals surface area contributed by atoms with Crippen LogP contribution in [0.5, 0.6) is 5.75 Å². The van der Waals surface area contributed by atoms with Crippen molar-refractivity contribution in [2.75, 3.05) is 7.11 Å². The molecule has 0 bridgehead atoms. The van der Waals surface area contributed by atoms with Crippen LogP contribution in [0.4, 0.5) is 0 Å². The van der Waals surface area contributed by atoms with Crippen molar-refractivity contribution in [3.63, 3.8) is 0 Å². The molecule has 0 spiro atoms. The van der Waals surface area contributed by atoms with E-state index in [4.69, 9.17) is 21.5 Å². The van der Waals surface area contributed by atoms with Gasteiger partial charge < -0.3 is 9.94 Å². The molecular weight excluding hydrogens is 226 g/mol. The van der Waals surface area contributed by atoms with Crippen molar-refractivity contribution in [1.82, 2.24) is 0 Å². The Balaban J connectivity index is 0. The molecule has 0 radical (unpaired) electrons. The number of aliphatic hydroxyl groups is 1. The molecule has 0 fully saturated rings. The van der Waals surface area contributed by atoms with Crippen LogP contribution < -0.4 is 4.84 Å². The van der Waals surface area contributed by atoms with Gasteiger partial charge in [-0.1, -0.05) is 37.0 Å². The molecule has 0 aliphatic rings. The lowest BCUT2D eigenvalue weighted by Crippen LogP contribution is -1.84. The van der Waals surface area contributed by atoms with Gasteiger partial charge in [-0.25, -0.2) is 0 Å². The molecule has 1 rings (SSSR count). The molecule has 0 unspecified atom stereocenters. The van der Waals surface area contributed by atoms with Gasteiger partial charge in [0.2, 0.25) is 0 Å². The van der Waals surface area contributed by atoms with Gasteiger partial charge in [-0.3, -0.25) is 0 Å². The third-order valence-corrected chi connectivity index (χ3v) is 1.53. The zero-order valence-electron chi connectivity index (χ0n) is 10.3. The molecule has 3 nitrogen and oxygen atoms in total. The molecular formula is C12H20ClNO2. The van der Waals surface area contributed by atoms with Crippen LogP contribution in [-0.4, -0.2) is 18.9 Å². The van der Waals surface area contributed by atoms with Crippen LogP contribution in [-0.2, 0) is 0 Å². The Bertz CT molecular complexity index is 290. The first-order valence-electron chi connectivity index (χ1n) is 4.99. The number of nitrogens with zero attached hydrogens (tertiary/aromatic N) is 1. The predicted octanol–water partition coefficient (Wildman–Crippen LogP) is 3.67. The highest BCUT2D eigenvalue weighted by Gasteiger charge is 1.98. The quantitative estimate of drug-likeness (QED) is 0.638. The Morgan fingerprint density at radius 1 is 1.38 bits per heavy atom. The summed E-state index contributed by atoms with van der Waals surface area (Å²) in [6.45, 7) is 9.36. The van der Waals surface area contributed by atoms with E-state index in [1.807, 2.05) is 13.0 Å². The molecule has 1 N–H and O–H groups in total. The summed E-state index contributed by atoms with van der Waals surface area (Å²) < 4.78 is 0. The van der Waals surface area contributed by atoms with Crippen molar-refractivity contribution in [1.29, 1.82) is 0 Å². The molecule has 4 heteroatoms. The maximum absolute atomic E-state index is 7.00. The molecule has 1 aromatic carbocycles. The van der Waals surface area contributed by atoms with E-state index in [-0.39, 0.29) is 0 Å². The van der Waals surface area contributed by atoms with Crippen LogP contribution in [0.2, 0.25) is 5.02 Å². The van der Waals surface area contributed by atoms with E-state index >= 15 is 0 Å². The number of hydrogen-bond acceptors (Lipinski definition) is 3. The molecule has 92 valence electrons. The first-order chi connectivity index (χ1) is 7.65. The van der Waals surface area contributed by atoms with Crippen LogP contribution in [0.1, 0.15) is 25.8 Å². The minimum absolute atomic E-state index is 0.685. The minimum Gasteiger partial charge on any atom is -0.400 e. The molecule has 0 amide bonds. The number of benzene rings is 1. The molecule has 0 aliphatic heterocycles. The maximum Gasteiger partial charge on any atom is 0.160 e. The average molecular weight is 246 g/mol. The third-order valence-electron chi connectivity index (χ3n) is 1.30. The highest BCUT2D eigenvalue weighted by molar-refractivity contribution is 6.30. The van der Waals surface area contributed by atoms with Crippen molar-refractivity contribution in [2.24, 2.45) is 5.16 Å². The first kappa shape index (κ1) is 17.3. The number of hydrogen-bond donors (Lipinski definition) is 1. The van der Waals surface area contributed by atoms with Gasteiger partial charge in [0.25, 0.3) is 0 Å². The van der Waals surface area contributed by atoms with Crippen LogP contribution in [0.3, 0.4) is 0 Å². The van der Waals surface area contributed by atoms with Gasteiger partial charge in [-0.2, -0.15) is 0 Å². The fourth-order valence-electron chi connectivity index (χ4n) is 0.785. The fraction of sp³-hybridized carbons (Fsp3) is 0.417. The van der Waals surface area contributed by atoms with Crippen molar-refractivity contribution >= 4 is 18.3 Å². The number of halogens is 1. The van der Waals surface area contributed by atoms with Gasteiger partial charge in [0.1, 0.15) is 0 Å². The third kappa shape index (κ3) is 8.26. The molecule has 0 aliphatic carbocycles. The van der Waals surface area contributed by atoms with Crippen molar-refractivity contribution in [3.8, 4) is 5.75 Å². The van der Waals surface area contributed by atoms with Gasteiger partial charge in [0.15, 0.2) is 5.75 Å². The fourth-order valence-corrected chi connectivity index (χ4v) is 1.01. The summed E-state index contributed by atoms with van der Waals surface area (Å²) in [6.07, 6.45) is 1.25. The first-order valence-corrected chi connectivity index (χ1v) is 5.37. The van der Waals surface area contributed by atoms with E-state index in [0.717, 1.165) is 12.7 Å². The molecule has 0 saturated heterocycles. The maximum atomic E-state index is 7.00. The monoisotopic (exact) mass is 245 g/mol. The second-order valence-electron chi connectivity index (χ2n) is 2.84. The highest BCUT2D eigenvalue weighted by Crippen LogP contribution is 2.21. The largest absolute Gasteiger partial charge is 0.400 e. The molecule has 0 aromatic heterocycles. The average Bonchev–Trinajstić information content (AvgIpc) is 2.26. The molecule has 16 heavy (non-hydrogen) atoms. The van der Waals surface area contributed by atoms with E-state index in [2.05, 4.69) is 25.7 Å². The zero-order valence-corrected chi connectivity index (χ0v) is 11.1. The van der Waals surface area contributed by atoms with Crippen molar-refractivity contribution < 1.29 is 9.94 Å². The van der Waals surface area contributed by atoms with Crippen LogP contribution in [0.15, 0.2) is 23.4 Å². The molecule has 0 atom stereocenters. The Morgan fingerprint density at radius 3 is 2.25 bits per heavy atom. The number of aliphatic hydroxyl groups excluding tert-OH is 1. The van der Waals surface area contributed by atoms with E-state index in [0.29, 0.717) is 10.8 Å². The summed E-state index contributed by atoms with van der Waals surface area (Å²) in [5.41, 5.74) is 0.949. The van der Waals surface area contributed by atoms with E-state index in [1.165, 1.54) is 6.42 Å². The highest BCUT2D eigenvalue weighted by atomic mass is 35.5. The number of rotatable bonds is 2. The Labute approximate surface area is 103 Å². The summed E-state index contributed by atoms with van der Waals surface area (Å²) in [5, 5.41) is 11.0. The Hall–Kier alpha value is -1.06. The number of oxime groups is 1. The van der Waals surface area contributed by atoms with Gasteiger partial charge in [-0.05, 0) is 30.7 Å². The smallest absolute Gasteiger partial charge is 0.160 e. The zero-order chi connectivity index (χ0) is 13.0. The summed E-state index contributed by atoms with van der Waals surface area (Å²) in [7, 11) is 1.00. The molecule has 0 heterocycles. The summed E-state index contributed by atoms with van der Waals surface area (Å²) >= 11 is 5.72. The summed E-state index contributed by atoms with van der Waals surface area (Å²) in [5.74, 6) is 0.685. The van der Waals surface area contributed by atoms with Crippen molar-refractivity contribution in [2.45, 2.75) is 27.2 Å². The topological polar surface area (TPSA) is 41.8 Å². The van der Waals surface area contributed by atoms with Crippen LogP contribution >= 0.6 is 11.6 Å². The summed E-state index contributed by atoms with van der Waals surface area (Å²) in [4.78, 5) is 4.85. The number of aryl methyl sites for hydroxylation is 1. The predicted molar refractivity (Wildman–Crippen MR) is 70.5 cm³/mol. The van der Waals surface area contributed by atoms with Crippen LogP contribution in [0, 0.1) is 6.92 Å². The molecule has 0 saturated carbocycles. The SMILES string of the molecule is C=NOc1ccc(Cl)cc1C.CCC.CO. The van der Waals surface area contributed by atoms with Gasteiger partial charge in [-0.15, -0.1) is 0 Å². The van der Waals surface area contributed by atoms with Gasteiger partial charge >= 0.3 is 0 Å². The van der Waals surface area contributed by atoms with Crippen LogP contribution in [0.25, 0.3) is 0 Å².